The summed E-state index contributed by atoms with van der Waals surface area (Å²) in [5, 5.41) is 0. The van der Waals surface area contributed by atoms with Gasteiger partial charge in [-0.3, -0.25) is 0 Å². The minimum atomic E-state index is 0.562. The highest BCUT2D eigenvalue weighted by Gasteiger charge is 1.90. The average Bonchev–Trinajstić information content (AvgIpc) is 2.05. The highest BCUT2D eigenvalue weighted by atomic mass is 16.5. The Morgan fingerprint density at radius 2 is 2.00 bits per heavy atom. The molecule has 11 heavy (non-hydrogen) atoms. The lowest BCUT2D eigenvalue weighted by Crippen LogP contribution is -2.13. The first-order valence-corrected chi connectivity index (χ1v) is 3.93. The minimum Gasteiger partial charge on any atom is -0.361 e. The summed E-state index contributed by atoms with van der Waals surface area (Å²) in [6.07, 6.45) is 5.67. The molecule has 0 N–H and O–H groups in total. The van der Waals surface area contributed by atoms with Gasteiger partial charge in [0.1, 0.15) is 6.73 Å². The second-order valence-corrected chi connectivity index (χ2v) is 2.27. The van der Waals surface area contributed by atoms with E-state index in [0.29, 0.717) is 6.73 Å². The summed E-state index contributed by atoms with van der Waals surface area (Å²) in [6.45, 7) is 10.7. The Balaban J connectivity index is 3.21. The molecule has 0 spiro atoms. The van der Waals surface area contributed by atoms with E-state index in [0.717, 1.165) is 13.0 Å². The predicted molar refractivity (Wildman–Crippen MR) is 48.0 cm³/mol. The van der Waals surface area contributed by atoms with E-state index in [4.69, 9.17) is 4.74 Å². The molecule has 2 nitrogen and oxygen atoms in total. The van der Waals surface area contributed by atoms with Crippen molar-refractivity contribution in [3.8, 4) is 0 Å². The van der Waals surface area contributed by atoms with Crippen LogP contribution in [0.5, 0.6) is 0 Å². The Kier molecular flexibility index (Phi) is 6.84. The van der Waals surface area contributed by atoms with Crippen molar-refractivity contribution in [1.29, 1.82) is 0 Å². The van der Waals surface area contributed by atoms with Gasteiger partial charge < -0.3 is 9.64 Å². The van der Waals surface area contributed by atoms with Gasteiger partial charge in [0, 0.05) is 6.61 Å². The molecule has 0 aliphatic rings. The molecule has 2 heteroatoms. The molecule has 0 radical (unpaired) electrons. The van der Waals surface area contributed by atoms with Crippen LogP contribution in [-0.4, -0.2) is 18.2 Å². The standard InChI is InChI=1S/C9H17NO/c1-4-7-8-11-9-10(5-2)6-3/h5-6H,2-4,7-9H2,1H3. The molecule has 0 saturated heterocycles. The zero-order valence-corrected chi connectivity index (χ0v) is 7.25. The van der Waals surface area contributed by atoms with E-state index in [2.05, 4.69) is 20.1 Å². The smallest absolute Gasteiger partial charge is 0.122 e. The predicted octanol–water partition coefficient (Wildman–Crippen LogP) is 2.35. The summed E-state index contributed by atoms with van der Waals surface area (Å²) in [5.41, 5.74) is 0. The number of nitrogens with zero attached hydrogens (tertiary/aromatic N) is 1. The first-order valence-electron chi connectivity index (χ1n) is 3.93. The van der Waals surface area contributed by atoms with E-state index in [1.165, 1.54) is 6.42 Å². The molecule has 0 saturated carbocycles. The van der Waals surface area contributed by atoms with Gasteiger partial charge in [-0.05, 0) is 18.8 Å². The highest BCUT2D eigenvalue weighted by Crippen LogP contribution is 1.92. The van der Waals surface area contributed by atoms with E-state index >= 15 is 0 Å². The van der Waals surface area contributed by atoms with E-state index in [9.17, 15) is 0 Å². The first kappa shape index (κ1) is 10.2. The Morgan fingerprint density at radius 1 is 1.36 bits per heavy atom. The van der Waals surface area contributed by atoms with Crippen molar-refractivity contribution in [2.75, 3.05) is 13.3 Å². The molecule has 64 valence electrons. The Labute approximate surface area is 69.2 Å². The van der Waals surface area contributed by atoms with Crippen LogP contribution in [0.15, 0.2) is 25.6 Å². The lowest BCUT2D eigenvalue weighted by molar-refractivity contribution is 0.0734. The third-order valence-electron chi connectivity index (χ3n) is 1.35. The van der Waals surface area contributed by atoms with Crippen LogP contribution in [0.1, 0.15) is 19.8 Å². The van der Waals surface area contributed by atoms with Gasteiger partial charge in [0.25, 0.3) is 0 Å². The molecular weight excluding hydrogens is 138 g/mol. The van der Waals surface area contributed by atoms with Gasteiger partial charge in [0.2, 0.25) is 0 Å². The van der Waals surface area contributed by atoms with Gasteiger partial charge in [-0.25, -0.2) is 0 Å². The number of rotatable bonds is 7. The normalized spacial score (nSPS) is 9.18. The van der Waals surface area contributed by atoms with Crippen molar-refractivity contribution < 1.29 is 4.74 Å². The van der Waals surface area contributed by atoms with Crippen molar-refractivity contribution in [2.24, 2.45) is 0 Å². The van der Waals surface area contributed by atoms with Crippen LogP contribution >= 0.6 is 0 Å². The molecule has 0 aliphatic carbocycles. The molecule has 0 amide bonds. The summed E-state index contributed by atoms with van der Waals surface area (Å²) in [7, 11) is 0. The van der Waals surface area contributed by atoms with E-state index in [1.807, 2.05) is 0 Å². The fourth-order valence-electron chi connectivity index (χ4n) is 0.596. The Morgan fingerprint density at radius 3 is 2.45 bits per heavy atom. The van der Waals surface area contributed by atoms with E-state index < -0.39 is 0 Å². The summed E-state index contributed by atoms with van der Waals surface area (Å²) < 4.78 is 5.30. The number of hydrogen-bond acceptors (Lipinski definition) is 2. The number of unbranched alkanes of at least 4 members (excludes halogenated alkanes) is 1. The summed E-state index contributed by atoms with van der Waals surface area (Å²) in [6, 6.07) is 0. The molecule has 0 heterocycles. The largest absolute Gasteiger partial charge is 0.361 e. The van der Waals surface area contributed by atoms with Gasteiger partial charge in [0.05, 0.1) is 0 Å². The number of ether oxygens (including phenoxy) is 1. The van der Waals surface area contributed by atoms with E-state index in [-0.39, 0.29) is 0 Å². The molecule has 0 aromatic heterocycles. The third kappa shape index (κ3) is 5.67. The second kappa shape index (κ2) is 7.35. The first-order chi connectivity index (χ1) is 5.35. The Bertz CT molecular complexity index is 104. The van der Waals surface area contributed by atoms with Crippen molar-refractivity contribution in [2.45, 2.75) is 19.8 Å². The van der Waals surface area contributed by atoms with Crippen LogP contribution < -0.4 is 0 Å². The maximum absolute atomic E-state index is 5.30. The molecule has 0 atom stereocenters. The summed E-state index contributed by atoms with van der Waals surface area (Å²) >= 11 is 0. The second-order valence-electron chi connectivity index (χ2n) is 2.27. The number of hydrogen-bond donors (Lipinski definition) is 0. The molecule has 0 rings (SSSR count). The fraction of sp³-hybridized carbons (Fsp3) is 0.556. The molecule has 0 unspecified atom stereocenters. The molecule has 0 bridgehead atoms. The average molecular weight is 155 g/mol. The van der Waals surface area contributed by atoms with Crippen molar-refractivity contribution >= 4 is 0 Å². The van der Waals surface area contributed by atoms with Crippen LogP contribution in [0.4, 0.5) is 0 Å². The topological polar surface area (TPSA) is 12.5 Å². The molecular formula is C9H17NO. The quantitative estimate of drug-likeness (QED) is 0.413. The lowest BCUT2D eigenvalue weighted by Gasteiger charge is -2.13. The van der Waals surface area contributed by atoms with Gasteiger partial charge in [-0.1, -0.05) is 26.5 Å². The molecule has 0 aliphatic heterocycles. The van der Waals surface area contributed by atoms with Gasteiger partial charge in [-0.15, -0.1) is 0 Å². The SMILES string of the molecule is C=CN(C=C)COCCCC. The van der Waals surface area contributed by atoms with Gasteiger partial charge in [-0.2, -0.15) is 0 Å². The Hall–Kier alpha value is -0.760. The monoisotopic (exact) mass is 155 g/mol. The third-order valence-corrected chi connectivity index (χ3v) is 1.35. The summed E-state index contributed by atoms with van der Waals surface area (Å²) in [4.78, 5) is 1.80. The lowest BCUT2D eigenvalue weighted by atomic mass is 10.4. The van der Waals surface area contributed by atoms with Crippen LogP contribution in [0.2, 0.25) is 0 Å². The zero-order chi connectivity index (χ0) is 8.53. The molecule has 0 fully saturated rings. The summed E-state index contributed by atoms with van der Waals surface area (Å²) in [5.74, 6) is 0. The zero-order valence-electron chi connectivity index (χ0n) is 7.25. The molecule has 0 aromatic carbocycles. The van der Waals surface area contributed by atoms with E-state index in [1.54, 1.807) is 17.3 Å². The van der Waals surface area contributed by atoms with Crippen molar-refractivity contribution in [1.82, 2.24) is 4.90 Å². The van der Waals surface area contributed by atoms with Gasteiger partial charge >= 0.3 is 0 Å². The molecule has 0 aromatic rings. The fourth-order valence-corrected chi connectivity index (χ4v) is 0.596. The van der Waals surface area contributed by atoms with Crippen LogP contribution in [-0.2, 0) is 4.74 Å². The van der Waals surface area contributed by atoms with Crippen molar-refractivity contribution in [3.63, 3.8) is 0 Å². The maximum atomic E-state index is 5.30. The van der Waals surface area contributed by atoms with Crippen LogP contribution in [0, 0.1) is 0 Å². The van der Waals surface area contributed by atoms with Crippen LogP contribution in [0.3, 0.4) is 0 Å². The minimum absolute atomic E-state index is 0.562. The van der Waals surface area contributed by atoms with Crippen molar-refractivity contribution in [3.05, 3.63) is 25.6 Å². The maximum Gasteiger partial charge on any atom is 0.122 e. The van der Waals surface area contributed by atoms with Gasteiger partial charge in [0.15, 0.2) is 0 Å². The highest BCUT2D eigenvalue weighted by molar-refractivity contribution is 4.77. The van der Waals surface area contributed by atoms with Crippen LogP contribution in [0.25, 0.3) is 0 Å².